The molecule has 0 aliphatic carbocycles. The predicted molar refractivity (Wildman–Crippen MR) is 305 cm³/mol. The highest BCUT2D eigenvalue weighted by Gasteiger charge is 2.47. The Bertz CT molecular complexity index is 1660. The number of esters is 1. The van der Waals surface area contributed by atoms with Gasteiger partial charge in [-0.3, -0.25) is 9.59 Å². The van der Waals surface area contributed by atoms with Crippen molar-refractivity contribution >= 4 is 11.9 Å². The van der Waals surface area contributed by atoms with E-state index >= 15 is 0 Å². The van der Waals surface area contributed by atoms with E-state index in [2.05, 4.69) is 135 Å². The molecule has 74 heavy (non-hydrogen) atoms. The Morgan fingerprint density at radius 3 is 1.46 bits per heavy atom. The van der Waals surface area contributed by atoms with Gasteiger partial charge in [0.25, 0.3) is 0 Å². The van der Waals surface area contributed by atoms with E-state index in [0.717, 1.165) is 116 Å². The highest BCUT2D eigenvalue weighted by molar-refractivity contribution is 5.80. The van der Waals surface area contributed by atoms with Crippen molar-refractivity contribution in [3.8, 4) is 0 Å². The van der Waals surface area contributed by atoms with E-state index in [-0.39, 0.29) is 19.4 Å². The molecule has 1 fully saturated rings. The van der Waals surface area contributed by atoms with Gasteiger partial charge in [-0.2, -0.15) is 0 Å². The number of amides is 1. The number of allylic oxidation sites excluding steroid dienone is 19. The van der Waals surface area contributed by atoms with Crippen LogP contribution in [0.1, 0.15) is 201 Å². The van der Waals surface area contributed by atoms with E-state index in [1.165, 1.54) is 38.5 Å². The third-order valence-corrected chi connectivity index (χ3v) is 12.6. The molecule has 420 valence electrons. The molecule has 1 saturated heterocycles. The van der Waals surface area contributed by atoms with Gasteiger partial charge in [-0.25, -0.2) is 0 Å². The van der Waals surface area contributed by atoms with Gasteiger partial charge in [0.2, 0.25) is 5.91 Å². The van der Waals surface area contributed by atoms with Crippen LogP contribution < -0.4 is 5.32 Å². The van der Waals surface area contributed by atoms with Crippen molar-refractivity contribution in [2.75, 3.05) is 13.2 Å². The number of ether oxygens (including phenoxy) is 3. The molecule has 0 radical (unpaired) electrons. The number of aliphatic hydroxyl groups excluding tert-OH is 5. The summed E-state index contributed by atoms with van der Waals surface area (Å²) in [5.74, 6) is -1.28. The van der Waals surface area contributed by atoms with Crippen LogP contribution in [0.25, 0.3) is 0 Å². The molecule has 0 bridgehead atoms. The number of nitrogens with one attached hydrogen (secondary N) is 1. The quantitative estimate of drug-likeness (QED) is 0.0196. The number of carbonyl (C=O) groups is 2. The number of hydrogen-bond acceptors (Lipinski definition) is 10. The monoisotopic (exact) mass is 1030 g/mol. The molecule has 8 unspecified atom stereocenters. The molecular formula is C63H103NO10. The largest absolute Gasteiger partial charge is 0.454 e. The van der Waals surface area contributed by atoms with E-state index in [4.69, 9.17) is 14.2 Å². The van der Waals surface area contributed by atoms with Gasteiger partial charge < -0.3 is 45.1 Å². The molecule has 11 heteroatoms. The number of aliphatic hydroxyl groups is 5. The highest BCUT2D eigenvalue weighted by Crippen LogP contribution is 2.26. The zero-order valence-corrected chi connectivity index (χ0v) is 46.2. The average molecular weight is 1030 g/mol. The Morgan fingerprint density at radius 1 is 0.541 bits per heavy atom. The Morgan fingerprint density at radius 2 is 0.973 bits per heavy atom. The first kappa shape index (κ1) is 68.1. The molecule has 6 N–H and O–H groups in total. The fourth-order valence-corrected chi connectivity index (χ4v) is 8.08. The van der Waals surface area contributed by atoms with E-state index in [1.807, 2.05) is 6.08 Å². The minimum Gasteiger partial charge on any atom is -0.454 e. The predicted octanol–water partition coefficient (Wildman–Crippen LogP) is 13.1. The summed E-state index contributed by atoms with van der Waals surface area (Å²) in [6, 6.07) is -1.05. The standard InChI is InChI=1S/C63H103NO10/c1-4-7-10-13-16-19-22-24-25-26-27-28-29-30-31-33-36-39-42-45-48-51-58(68)74-61-60(70)59(69)57(52-65)73-63(61)72-53-54(55(66)49-46-43-40-37-34-21-18-15-12-9-6-3)64-62(71)56(67)50-47-44-41-38-35-32-23-20-17-14-11-8-5-2/h7-8,10-11,16-17,19-20,24-25,27-28,30-32,35-36,39,46,49,54-57,59-61,63,65-67,69-70H,4-6,9,12-15,18,21-23,26,29,33-34,37-38,40-45,47-48,50-53H2,1-3H3,(H,64,71)/b10-7-,11-8+,19-16-,20-17+,25-24-,28-27-,31-30-,35-32+,39-36-,49-46+. The van der Waals surface area contributed by atoms with Crippen molar-refractivity contribution in [3.05, 3.63) is 122 Å². The smallest absolute Gasteiger partial charge is 0.306 e. The SMILES string of the molecule is CC/C=C\C/C=C\C/C=C\C/C=C\C/C=C\C/C=C\CCCCC(=O)OC1C(OCC(NC(=O)C(O)CCCCC/C=C/C/C=C/C/C=C/CC)C(O)/C=C/CCCCCCCCCCC)OC(CO)C(O)C1O. The number of rotatable bonds is 46. The van der Waals surface area contributed by atoms with Crippen molar-refractivity contribution in [2.45, 2.75) is 250 Å². The first-order valence-corrected chi connectivity index (χ1v) is 28.8. The van der Waals surface area contributed by atoms with E-state index < -0.39 is 67.4 Å². The lowest BCUT2D eigenvalue weighted by Gasteiger charge is -2.41. The molecular weight excluding hydrogens is 931 g/mol. The average Bonchev–Trinajstić information content (AvgIpc) is 3.40. The van der Waals surface area contributed by atoms with Crippen molar-refractivity contribution < 1.29 is 49.3 Å². The number of hydrogen-bond donors (Lipinski definition) is 6. The topological polar surface area (TPSA) is 175 Å². The summed E-state index contributed by atoms with van der Waals surface area (Å²) < 4.78 is 17.5. The van der Waals surface area contributed by atoms with E-state index in [9.17, 15) is 35.1 Å². The number of carbonyl (C=O) groups excluding carboxylic acids is 2. The maximum Gasteiger partial charge on any atom is 0.306 e. The van der Waals surface area contributed by atoms with Crippen LogP contribution in [0.3, 0.4) is 0 Å². The zero-order chi connectivity index (χ0) is 54.0. The molecule has 0 spiro atoms. The van der Waals surface area contributed by atoms with Crippen molar-refractivity contribution in [1.82, 2.24) is 5.32 Å². The molecule has 0 aromatic heterocycles. The second-order valence-electron chi connectivity index (χ2n) is 19.3. The van der Waals surface area contributed by atoms with Crippen LogP contribution in [0.2, 0.25) is 0 Å². The third-order valence-electron chi connectivity index (χ3n) is 12.6. The molecule has 1 amide bonds. The first-order valence-electron chi connectivity index (χ1n) is 28.8. The Labute approximate surface area is 449 Å². The van der Waals surface area contributed by atoms with Crippen LogP contribution in [-0.2, 0) is 23.8 Å². The molecule has 1 aliphatic rings. The summed E-state index contributed by atoms with van der Waals surface area (Å²) in [5.41, 5.74) is 0. The fraction of sp³-hybridized carbons (Fsp3) is 0.651. The summed E-state index contributed by atoms with van der Waals surface area (Å²) in [6.45, 7) is 5.48. The normalized spacial score (nSPS) is 20.2. The van der Waals surface area contributed by atoms with Gasteiger partial charge in [-0.1, -0.05) is 206 Å². The minimum absolute atomic E-state index is 0.0584. The number of unbranched alkanes of at least 4 members (excludes halogenated alkanes) is 14. The molecule has 1 heterocycles. The molecule has 0 aromatic rings. The second-order valence-corrected chi connectivity index (χ2v) is 19.3. The van der Waals surface area contributed by atoms with Gasteiger partial charge in [-0.15, -0.1) is 0 Å². The molecule has 1 aliphatic heterocycles. The molecule has 0 saturated carbocycles. The highest BCUT2D eigenvalue weighted by atomic mass is 16.7. The summed E-state index contributed by atoms with van der Waals surface area (Å²) >= 11 is 0. The molecule has 0 aromatic carbocycles. The van der Waals surface area contributed by atoms with Crippen LogP contribution in [0.4, 0.5) is 0 Å². The summed E-state index contributed by atoms with van der Waals surface area (Å²) in [6.07, 6.45) is 58.2. The first-order chi connectivity index (χ1) is 36.2. The minimum atomic E-state index is -1.64. The Hall–Kier alpha value is -3.94. The van der Waals surface area contributed by atoms with Gasteiger partial charge in [0, 0.05) is 6.42 Å². The zero-order valence-electron chi connectivity index (χ0n) is 46.2. The van der Waals surface area contributed by atoms with E-state index in [0.29, 0.717) is 12.8 Å². The van der Waals surface area contributed by atoms with Crippen LogP contribution >= 0.6 is 0 Å². The van der Waals surface area contributed by atoms with Gasteiger partial charge in [-0.05, 0) is 109 Å². The third kappa shape index (κ3) is 37.7. The summed E-state index contributed by atoms with van der Waals surface area (Å²) in [7, 11) is 0. The summed E-state index contributed by atoms with van der Waals surface area (Å²) in [5, 5.41) is 56.7. The van der Waals surface area contributed by atoms with Crippen LogP contribution in [-0.4, -0.2) is 99.6 Å². The lowest BCUT2D eigenvalue weighted by atomic mass is 9.99. The van der Waals surface area contributed by atoms with Crippen molar-refractivity contribution in [1.29, 1.82) is 0 Å². The summed E-state index contributed by atoms with van der Waals surface area (Å²) in [4.78, 5) is 26.4. The maximum absolute atomic E-state index is 13.3. The maximum atomic E-state index is 13.3. The van der Waals surface area contributed by atoms with Gasteiger partial charge in [0.1, 0.15) is 24.4 Å². The molecule has 8 atom stereocenters. The Balaban J connectivity index is 2.74. The van der Waals surface area contributed by atoms with Crippen LogP contribution in [0, 0.1) is 0 Å². The van der Waals surface area contributed by atoms with Crippen LogP contribution in [0.15, 0.2) is 122 Å². The van der Waals surface area contributed by atoms with Crippen LogP contribution in [0.5, 0.6) is 0 Å². The fourth-order valence-electron chi connectivity index (χ4n) is 8.08. The second kappa shape index (κ2) is 49.9. The van der Waals surface area contributed by atoms with E-state index in [1.54, 1.807) is 6.08 Å². The lowest BCUT2D eigenvalue weighted by molar-refractivity contribution is -0.305. The van der Waals surface area contributed by atoms with Gasteiger partial charge in [0.05, 0.1) is 25.4 Å². The molecule has 11 nitrogen and oxygen atoms in total. The van der Waals surface area contributed by atoms with Gasteiger partial charge in [0.15, 0.2) is 12.4 Å². The van der Waals surface area contributed by atoms with Gasteiger partial charge >= 0.3 is 5.97 Å². The Kier molecular flexibility index (Phi) is 45.9. The lowest BCUT2D eigenvalue weighted by Crippen LogP contribution is -2.61. The van der Waals surface area contributed by atoms with Crippen molar-refractivity contribution in [3.63, 3.8) is 0 Å². The van der Waals surface area contributed by atoms with Crippen molar-refractivity contribution in [2.24, 2.45) is 0 Å². The molecule has 1 rings (SSSR count).